The molecule has 2 aromatic heterocycles. The fourth-order valence-corrected chi connectivity index (χ4v) is 1.44. The molecule has 0 aliphatic carbocycles. The summed E-state index contributed by atoms with van der Waals surface area (Å²) < 4.78 is 1.93. The summed E-state index contributed by atoms with van der Waals surface area (Å²) in [5, 5.41) is 3.25. The number of aromatic nitrogens is 3. The second-order valence-electron chi connectivity index (χ2n) is 3.74. The van der Waals surface area contributed by atoms with Crippen LogP contribution in [0.15, 0.2) is 18.6 Å². The van der Waals surface area contributed by atoms with E-state index in [1.807, 2.05) is 16.8 Å². The Morgan fingerprint density at radius 3 is 3.00 bits per heavy atom. The maximum atomic E-state index is 5.55. The van der Waals surface area contributed by atoms with E-state index in [0.29, 0.717) is 12.6 Å². The third-order valence-corrected chi connectivity index (χ3v) is 2.06. The molecule has 0 aromatic carbocycles. The zero-order chi connectivity index (χ0) is 10.8. The van der Waals surface area contributed by atoms with E-state index >= 15 is 0 Å². The lowest BCUT2D eigenvalue weighted by Gasteiger charge is -2.08. The topological polar surface area (TPSA) is 68.2 Å². The molecule has 2 rings (SSSR count). The van der Waals surface area contributed by atoms with Crippen LogP contribution in [0.25, 0.3) is 5.65 Å². The Kier molecular flexibility index (Phi) is 2.55. The Labute approximate surface area is 88.3 Å². The van der Waals surface area contributed by atoms with Crippen molar-refractivity contribution in [3.8, 4) is 0 Å². The van der Waals surface area contributed by atoms with Gasteiger partial charge in [0.15, 0.2) is 11.5 Å². The van der Waals surface area contributed by atoms with Crippen LogP contribution in [-0.4, -0.2) is 20.4 Å². The van der Waals surface area contributed by atoms with Crippen LogP contribution >= 0.6 is 0 Å². The number of fused-ring (bicyclic) bond motifs is 1. The molecule has 2 heterocycles. The first-order chi connectivity index (χ1) is 7.20. The lowest BCUT2D eigenvalue weighted by molar-refractivity contribution is 0.886. The molecule has 5 nitrogen and oxygen atoms in total. The van der Waals surface area contributed by atoms with Gasteiger partial charge in [0, 0.05) is 31.2 Å². The average molecular weight is 205 g/mol. The van der Waals surface area contributed by atoms with Crippen molar-refractivity contribution in [2.24, 2.45) is 5.73 Å². The Morgan fingerprint density at radius 2 is 2.33 bits per heavy atom. The second kappa shape index (κ2) is 3.86. The van der Waals surface area contributed by atoms with Crippen LogP contribution in [-0.2, 0) is 6.54 Å². The SMILES string of the molecule is CC(C)Nc1nccn2cc(CN)nc12. The van der Waals surface area contributed by atoms with Crippen LogP contribution < -0.4 is 11.1 Å². The summed E-state index contributed by atoms with van der Waals surface area (Å²) in [4.78, 5) is 8.66. The van der Waals surface area contributed by atoms with Crippen molar-refractivity contribution in [3.63, 3.8) is 0 Å². The van der Waals surface area contributed by atoms with Gasteiger partial charge in [-0.15, -0.1) is 0 Å². The molecule has 0 radical (unpaired) electrons. The zero-order valence-corrected chi connectivity index (χ0v) is 8.94. The van der Waals surface area contributed by atoms with Gasteiger partial charge in [0.1, 0.15) is 0 Å². The van der Waals surface area contributed by atoms with Gasteiger partial charge in [-0.3, -0.25) is 0 Å². The average Bonchev–Trinajstić information content (AvgIpc) is 2.61. The number of nitrogens with two attached hydrogens (primary N) is 1. The highest BCUT2D eigenvalue weighted by Crippen LogP contribution is 2.13. The third-order valence-electron chi connectivity index (χ3n) is 2.06. The number of nitrogens with one attached hydrogen (secondary N) is 1. The Bertz CT molecular complexity index is 460. The summed E-state index contributed by atoms with van der Waals surface area (Å²) in [6.07, 6.45) is 5.54. The van der Waals surface area contributed by atoms with Gasteiger partial charge in [-0.1, -0.05) is 0 Å². The summed E-state index contributed by atoms with van der Waals surface area (Å²) in [6.45, 7) is 4.58. The summed E-state index contributed by atoms with van der Waals surface area (Å²) in [5.74, 6) is 0.798. The Balaban J connectivity index is 2.49. The van der Waals surface area contributed by atoms with Gasteiger partial charge in [0.25, 0.3) is 0 Å². The van der Waals surface area contributed by atoms with Crippen molar-refractivity contribution in [1.82, 2.24) is 14.4 Å². The minimum absolute atomic E-state index is 0.335. The molecule has 0 aliphatic heterocycles. The number of anilines is 1. The molecule has 0 saturated heterocycles. The molecule has 0 unspecified atom stereocenters. The van der Waals surface area contributed by atoms with Crippen LogP contribution in [0.1, 0.15) is 19.5 Å². The van der Waals surface area contributed by atoms with Gasteiger partial charge in [0.05, 0.1) is 5.69 Å². The molecule has 2 aromatic rings. The molecule has 3 N–H and O–H groups in total. The zero-order valence-electron chi connectivity index (χ0n) is 8.94. The molecule has 0 aliphatic rings. The van der Waals surface area contributed by atoms with Crippen molar-refractivity contribution in [2.75, 3.05) is 5.32 Å². The lowest BCUT2D eigenvalue weighted by atomic mass is 10.4. The Hall–Kier alpha value is -1.62. The summed E-state index contributed by atoms with van der Waals surface area (Å²) in [6, 6.07) is 0.335. The highest BCUT2D eigenvalue weighted by molar-refractivity contribution is 5.63. The molecular formula is C10H15N5. The standard InChI is InChI=1S/C10H15N5/c1-7(2)13-9-10-14-8(5-11)6-15(10)4-3-12-9/h3-4,6-7H,5,11H2,1-2H3,(H,12,13). The van der Waals surface area contributed by atoms with Crippen LogP contribution in [0.3, 0.4) is 0 Å². The van der Waals surface area contributed by atoms with Gasteiger partial charge in [0.2, 0.25) is 0 Å². The van der Waals surface area contributed by atoms with Crippen molar-refractivity contribution >= 4 is 11.5 Å². The number of imidazole rings is 1. The van der Waals surface area contributed by atoms with Gasteiger partial charge in [-0.2, -0.15) is 0 Å². The highest BCUT2D eigenvalue weighted by Gasteiger charge is 2.07. The summed E-state index contributed by atoms with van der Waals surface area (Å²) in [5.41, 5.74) is 7.24. The number of hydrogen-bond donors (Lipinski definition) is 2. The third kappa shape index (κ3) is 1.92. The van der Waals surface area contributed by atoms with E-state index in [4.69, 9.17) is 5.73 Å². The molecule has 5 heteroatoms. The summed E-state index contributed by atoms with van der Waals surface area (Å²) in [7, 11) is 0. The first-order valence-electron chi connectivity index (χ1n) is 5.00. The van der Waals surface area contributed by atoms with Gasteiger partial charge in [-0.05, 0) is 13.8 Å². The van der Waals surface area contributed by atoms with Crippen molar-refractivity contribution in [3.05, 3.63) is 24.3 Å². The first kappa shape index (κ1) is 9.92. The van der Waals surface area contributed by atoms with Gasteiger partial charge < -0.3 is 15.5 Å². The minimum atomic E-state index is 0.335. The van der Waals surface area contributed by atoms with E-state index in [1.165, 1.54) is 0 Å². The predicted octanol–water partition coefficient (Wildman–Crippen LogP) is 1.01. The van der Waals surface area contributed by atoms with E-state index in [1.54, 1.807) is 6.20 Å². The van der Waals surface area contributed by atoms with Crippen LogP contribution in [0.2, 0.25) is 0 Å². The highest BCUT2D eigenvalue weighted by atomic mass is 15.1. The molecule has 0 bridgehead atoms. The number of rotatable bonds is 3. The monoisotopic (exact) mass is 205 g/mol. The number of hydrogen-bond acceptors (Lipinski definition) is 4. The van der Waals surface area contributed by atoms with E-state index < -0.39 is 0 Å². The molecule has 0 fully saturated rings. The molecule has 0 atom stereocenters. The van der Waals surface area contributed by atoms with Gasteiger partial charge >= 0.3 is 0 Å². The summed E-state index contributed by atoms with van der Waals surface area (Å²) >= 11 is 0. The van der Waals surface area contributed by atoms with Crippen LogP contribution in [0.5, 0.6) is 0 Å². The fraction of sp³-hybridized carbons (Fsp3) is 0.400. The molecular weight excluding hydrogens is 190 g/mol. The predicted molar refractivity (Wildman–Crippen MR) is 59.6 cm³/mol. The smallest absolute Gasteiger partial charge is 0.180 e. The molecule has 0 saturated carbocycles. The molecule has 0 amide bonds. The quantitative estimate of drug-likeness (QED) is 0.784. The fourth-order valence-electron chi connectivity index (χ4n) is 1.44. The van der Waals surface area contributed by atoms with Crippen LogP contribution in [0.4, 0.5) is 5.82 Å². The first-order valence-corrected chi connectivity index (χ1v) is 5.00. The normalized spacial score (nSPS) is 11.2. The van der Waals surface area contributed by atoms with Gasteiger partial charge in [-0.25, -0.2) is 9.97 Å². The van der Waals surface area contributed by atoms with Crippen molar-refractivity contribution < 1.29 is 0 Å². The van der Waals surface area contributed by atoms with E-state index in [9.17, 15) is 0 Å². The minimum Gasteiger partial charge on any atom is -0.365 e. The molecule has 0 spiro atoms. The van der Waals surface area contributed by atoms with Crippen molar-refractivity contribution in [1.29, 1.82) is 0 Å². The van der Waals surface area contributed by atoms with E-state index in [2.05, 4.69) is 29.1 Å². The molecule has 15 heavy (non-hydrogen) atoms. The van der Waals surface area contributed by atoms with Crippen LogP contribution in [0, 0.1) is 0 Å². The Morgan fingerprint density at radius 1 is 1.53 bits per heavy atom. The largest absolute Gasteiger partial charge is 0.365 e. The molecule has 80 valence electrons. The lowest BCUT2D eigenvalue weighted by Crippen LogP contribution is -2.12. The second-order valence-corrected chi connectivity index (χ2v) is 3.74. The maximum absolute atomic E-state index is 5.55. The van der Waals surface area contributed by atoms with E-state index in [-0.39, 0.29) is 0 Å². The maximum Gasteiger partial charge on any atom is 0.180 e. The number of nitrogens with zero attached hydrogens (tertiary/aromatic N) is 3. The van der Waals surface area contributed by atoms with Crippen molar-refractivity contribution in [2.45, 2.75) is 26.4 Å². The van der Waals surface area contributed by atoms with E-state index in [0.717, 1.165) is 17.2 Å².